The molecule has 28 heavy (non-hydrogen) atoms. The van der Waals surface area contributed by atoms with E-state index in [2.05, 4.69) is 5.32 Å². The summed E-state index contributed by atoms with van der Waals surface area (Å²) in [7, 11) is 1.62. The highest BCUT2D eigenvalue weighted by molar-refractivity contribution is 6.02. The first-order valence-corrected chi connectivity index (χ1v) is 9.83. The molecule has 2 aromatic rings. The molecule has 1 saturated carbocycles. The molecule has 0 bridgehead atoms. The summed E-state index contributed by atoms with van der Waals surface area (Å²) in [5.41, 5.74) is 1.68. The van der Waals surface area contributed by atoms with Gasteiger partial charge >= 0.3 is 0 Å². The van der Waals surface area contributed by atoms with Crippen molar-refractivity contribution in [1.82, 2.24) is 10.2 Å². The zero-order valence-electron chi connectivity index (χ0n) is 16.4. The fourth-order valence-electron chi connectivity index (χ4n) is 3.98. The van der Waals surface area contributed by atoms with Crippen molar-refractivity contribution in [3.63, 3.8) is 0 Å². The number of fused-ring (bicyclic) bond motifs is 1. The summed E-state index contributed by atoms with van der Waals surface area (Å²) in [6.45, 7) is 2.90. The van der Waals surface area contributed by atoms with Crippen molar-refractivity contribution < 1.29 is 14.3 Å². The molecule has 1 N–H and O–H groups in total. The van der Waals surface area contributed by atoms with Crippen LogP contribution in [0.4, 0.5) is 0 Å². The number of carbonyl (C=O) groups is 2. The summed E-state index contributed by atoms with van der Waals surface area (Å²) < 4.78 is 5.38. The first-order chi connectivity index (χ1) is 13.5. The van der Waals surface area contributed by atoms with E-state index < -0.39 is 5.54 Å². The van der Waals surface area contributed by atoms with Crippen LogP contribution < -0.4 is 10.1 Å². The lowest BCUT2D eigenvalue weighted by molar-refractivity contribution is -0.132. The lowest BCUT2D eigenvalue weighted by Gasteiger charge is -2.44. The number of amides is 2. The number of ether oxygens (including phenoxy) is 1. The molecule has 2 aromatic carbocycles. The van der Waals surface area contributed by atoms with Gasteiger partial charge in [0, 0.05) is 30.6 Å². The average molecular weight is 378 g/mol. The molecule has 5 nitrogen and oxygen atoms in total. The Kier molecular flexibility index (Phi) is 4.84. The normalized spacial score (nSPS) is 21.2. The Morgan fingerprint density at radius 2 is 1.89 bits per heavy atom. The van der Waals surface area contributed by atoms with Gasteiger partial charge < -0.3 is 15.0 Å². The van der Waals surface area contributed by atoms with Crippen molar-refractivity contribution in [2.75, 3.05) is 13.7 Å². The van der Waals surface area contributed by atoms with Crippen molar-refractivity contribution in [1.29, 1.82) is 0 Å². The monoisotopic (exact) mass is 378 g/mol. The van der Waals surface area contributed by atoms with Gasteiger partial charge in [-0.05, 0) is 43.4 Å². The lowest BCUT2D eigenvalue weighted by Crippen LogP contribution is -2.62. The maximum Gasteiger partial charge on any atom is 0.255 e. The van der Waals surface area contributed by atoms with Crippen LogP contribution in [0.2, 0.25) is 0 Å². The van der Waals surface area contributed by atoms with E-state index in [1.165, 1.54) is 0 Å². The van der Waals surface area contributed by atoms with Gasteiger partial charge in [-0.1, -0.05) is 36.4 Å². The predicted octanol–water partition coefficient (Wildman–Crippen LogP) is 3.18. The Morgan fingerprint density at radius 1 is 1.18 bits per heavy atom. The summed E-state index contributed by atoms with van der Waals surface area (Å²) >= 11 is 0. The van der Waals surface area contributed by atoms with Crippen LogP contribution >= 0.6 is 0 Å². The molecule has 5 heteroatoms. The minimum Gasteiger partial charge on any atom is -0.496 e. The molecule has 0 spiro atoms. The fraction of sp³-hybridized carbons (Fsp3) is 0.391. The summed E-state index contributed by atoms with van der Waals surface area (Å²) in [6, 6.07) is 15.3. The molecule has 4 rings (SSSR count). The van der Waals surface area contributed by atoms with Gasteiger partial charge in [-0.3, -0.25) is 9.59 Å². The fourth-order valence-corrected chi connectivity index (χ4v) is 3.98. The molecular weight excluding hydrogens is 352 g/mol. The number of methoxy groups -OCH3 is 1. The average Bonchev–Trinajstić information content (AvgIpc) is 3.53. The van der Waals surface area contributed by atoms with Crippen LogP contribution in [0.1, 0.15) is 41.3 Å². The maximum absolute atomic E-state index is 13.3. The molecule has 1 fully saturated rings. The third-order valence-corrected chi connectivity index (χ3v) is 5.88. The second-order valence-electron chi connectivity index (χ2n) is 7.96. The third kappa shape index (κ3) is 3.37. The molecule has 1 aliphatic heterocycles. The van der Waals surface area contributed by atoms with E-state index in [0.29, 0.717) is 25.4 Å². The van der Waals surface area contributed by atoms with Crippen molar-refractivity contribution in [3.8, 4) is 5.75 Å². The number of benzene rings is 2. The Balaban J connectivity index is 1.59. The molecule has 146 valence electrons. The van der Waals surface area contributed by atoms with Crippen LogP contribution in [-0.2, 0) is 17.8 Å². The van der Waals surface area contributed by atoms with Gasteiger partial charge in [0.25, 0.3) is 5.91 Å². The topological polar surface area (TPSA) is 58.6 Å². The summed E-state index contributed by atoms with van der Waals surface area (Å²) in [4.78, 5) is 28.3. The number of hydrogen-bond donors (Lipinski definition) is 1. The predicted molar refractivity (Wildman–Crippen MR) is 107 cm³/mol. The zero-order chi connectivity index (χ0) is 19.7. The molecule has 1 heterocycles. The maximum atomic E-state index is 13.3. The SMILES string of the molecule is COc1ccccc1CNC(=O)C1(C)Cc2ccccc2C(=O)N1CC1CC1. The molecule has 1 atom stereocenters. The number of hydrogen-bond acceptors (Lipinski definition) is 3. The third-order valence-electron chi connectivity index (χ3n) is 5.88. The number of para-hydroxylation sites is 1. The molecule has 1 unspecified atom stereocenters. The second kappa shape index (κ2) is 7.30. The van der Waals surface area contributed by atoms with Gasteiger partial charge in [-0.2, -0.15) is 0 Å². The Bertz CT molecular complexity index is 906. The van der Waals surface area contributed by atoms with Crippen LogP contribution in [0, 0.1) is 5.92 Å². The van der Waals surface area contributed by atoms with Crippen molar-refractivity contribution in [2.24, 2.45) is 5.92 Å². The Morgan fingerprint density at radius 3 is 2.64 bits per heavy atom. The van der Waals surface area contributed by atoms with E-state index in [0.717, 1.165) is 35.3 Å². The van der Waals surface area contributed by atoms with E-state index in [1.54, 1.807) is 12.0 Å². The van der Waals surface area contributed by atoms with Gasteiger partial charge in [0.15, 0.2) is 0 Å². The number of rotatable bonds is 6. The second-order valence-corrected chi connectivity index (χ2v) is 7.96. The van der Waals surface area contributed by atoms with Crippen LogP contribution in [0.5, 0.6) is 5.75 Å². The van der Waals surface area contributed by atoms with Crippen LogP contribution in [0.25, 0.3) is 0 Å². The highest BCUT2D eigenvalue weighted by Crippen LogP contribution is 2.37. The molecule has 2 aliphatic rings. The smallest absolute Gasteiger partial charge is 0.255 e. The van der Waals surface area contributed by atoms with E-state index in [4.69, 9.17) is 4.74 Å². The van der Waals surface area contributed by atoms with Crippen LogP contribution in [0.15, 0.2) is 48.5 Å². The van der Waals surface area contributed by atoms with Crippen molar-refractivity contribution in [2.45, 2.75) is 38.3 Å². The Hall–Kier alpha value is -2.82. The molecule has 2 amide bonds. The molecule has 1 aliphatic carbocycles. The summed E-state index contributed by atoms with van der Waals surface area (Å²) in [6.07, 6.45) is 2.79. The quantitative estimate of drug-likeness (QED) is 0.840. The van der Waals surface area contributed by atoms with E-state index in [9.17, 15) is 9.59 Å². The highest BCUT2D eigenvalue weighted by atomic mass is 16.5. The van der Waals surface area contributed by atoms with Crippen molar-refractivity contribution >= 4 is 11.8 Å². The largest absolute Gasteiger partial charge is 0.496 e. The van der Waals surface area contributed by atoms with E-state index in [1.807, 2.05) is 55.5 Å². The number of nitrogens with zero attached hydrogens (tertiary/aromatic N) is 1. The standard InChI is InChI=1S/C23H26N2O3/c1-23(22(27)24-14-18-8-4-6-10-20(18)28-2)13-17-7-3-5-9-19(17)21(26)25(23)15-16-11-12-16/h3-10,16H,11-15H2,1-2H3,(H,24,27). The van der Waals surface area contributed by atoms with Gasteiger partial charge in [-0.25, -0.2) is 0 Å². The Labute approximate surface area is 165 Å². The van der Waals surface area contributed by atoms with Gasteiger partial charge in [0.2, 0.25) is 5.91 Å². The van der Waals surface area contributed by atoms with Gasteiger partial charge in [-0.15, -0.1) is 0 Å². The first-order valence-electron chi connectivity index (χ1n) is 9.83. The first kappa shape index (κ1) is 18.5. The van der Waals surface area contributed by atoms with Gasteiger partial charge in [0.05, 0.1) is 7.11 Å². The molecular formula is C23H26N2O3. The lowest BCUT2D eigenvalue weighted by atomic mass is 9.82. The van der Waals surface area contributed by atoms with E-state index >= 15 is 0 Å². The molecule has 0 radical (unpaired) electrons. The minimum absolute atomic E-state index is 0.0382. The van der Waals surface area contributed by atoms with Gasteiger partial charge in [0.1, 0.15) is 11.3 Å². The number of carbonyl (C=O) groups excluding carboxylic acids is 2. The number of nitrogens with one attached hydrogen (secondary N) is 1. The zero-order valence-corrected chi connectivity index (χ0v) is 16.4. The minimum atomic E-state index is -0.893. The van der Waals surface area contributed by atoms with Crippen LogP contribution in [0.3, 0.4) is 0 Å². The summed E-state index contributed by atoms with van der Waals surface area (Å²) in [5, 5.41) is 3.05. The van der Waals surface area contributed by atoms with E-state index in [-0.39, 0.29) is 11.8 Å². The molecule has 0 saturated heterocycles. The summed E-state index contributed by atoms with van der Waals surface area (Å²) in [5.74, 6) is 1.09. The van der Waals surface area contributed by atoms with Crippen molar-refractivity contribution in [3.05, 3.63) is 65.2 Å². The van der Waals surface area contributed by atoms with Crippen LogP contribution in [-0.4, -0.2) is 35.9 Å². The highest BCUT2D eigenvalue weighted by Gasteiger charge is 2.48. The molecule has 0 aromatic heterocycles.